The summed E-state index contributed by atoms with van der Waals surface area (Å²) in [5.74, 6) is -0.138. The van der Waals surface area contributed by atoms with Crippen molar-refractivity contribution < 1.29 is 9.13 Å². The van der Waals surface area contributed by atoms with Gasteiger partial charge in [-0.05, 0) is 27.0 Å². The van der Waals surface area contributed by atoms with Crippen LogP contribution in [0.2, 0.25) is 0 Å². The molecule has 0 spiro atoms. The van der Waals surface area contributed by atoms with Gasteiger partial charge in [0.05, 0.1) is 6.61 Å². The zero-order chi connectivity index (χ0) is 14.3. The van der Waals surface area contributed by atoms with Crippen LogP contribution < -0.4 is 5.32 Å². The van der Waals surface area contributed by atoms with Crippen LogP contribution >= 0.6 is 0 Å². The Kier molecular flexibility index (Phi) is 6.99. The first-order valence-electron chi connectivity index (χ1n) is 6.74. The smallest absolute Gasteiger partial charge is 0.127 e. The van der Waals surface area contributed by atoms with Crippen LogP contribution in [0.1, 0.15) is 25.5 Å². The summed E-state index contributed by atoms with van der Waals surface area (Å²) in [5.41, 5.74) is 0.744. The lowest BCUT2D eigenvalue weighted by Crippen LogP contribution is -2.40. The number of likely N-dealkylation sites (N-methyl/N-ethyl adjacent to an activating group) is 1. The van der Waals surface area contributed by atoms with Crippen LogP contribution in [0.5, 0.6) is 0 Å². The van der Waals surface area contributed by atoms with E-state index in [-0.39, 0.29) is 11.9 Å². The number of hydrogen-bond acceptors (Lipinski definition) is 3. The number of nitrogens with zero attached hydrogens (tertiary/aromatic N) is 1. The zero-order valence-electron chi connectivity index (χ0n) is 12.3. The Morgan fingerprint density at radius 1 is 1.32 bits per heavy atom. The quantitative estimate of drug-likeness (QED) is 0.733. The van der Waals surface area contributed by atoms with Crippen molar-refractivity contribution in [2.45, 2.75) is 25.9 Å². The molecule has 0 aromatic heterocycles. The molecule has 19 heavy (non-hydrogen) atoms. The highest BCUT2D eigenvalue weighted by molar-refractivity contribution is 5.20. The van der Waals surface area contributed by atoms with E-state index in [1.165, 1.54) is 6.07 Å². The van der Waals surface area contributed by atoms with Gasteiger partial charge in [-0.15, -0.1) is 0 Å². The number of benzene rings is 1. The van der Waals surface area contributed by atoms with E-state index in [9.17, 15) is 4.39 Å². The van der Waals surface area contributed by atoms with Crippen LogP contribution in [0.3, 0.4) is 0 Å². The van der Waals surface area contributed by atoms with E-state index in [1.807, 2.05) is 26.1 Å². The summed E-state index contributed by atoms with van der Waals surface area (Å²) < 4.78 is 18.7. The lowest BCUT2D eigenvalue weighted by Gasteiger charge is -2.31. The van der Waals surface area contributed by atoms with Crippen LogP contribution in [-0.2, 0) is 4.74 Å². The van der Waals surface area contributed by atoms with Gasteiger partial charge in [0.1, 0.15) is 5.82 Å². The molecule has 0 saturated carbocycles. The lowest BCUT2D eigenvalue weighted by molar-refractivity contribution is 0.175. The van der Waals surface area contributed by atoms with Gasteiger partial charge in [-0.25, -0.2) is 4.39 Å². The number of halogens is 1. The van der Waals surface area contributed by atoms with E-state index >= 15 is 0 Å². The van der Waals surface area contributed by atoms with Gasteiger partial charge >= 0.3 is 0 Å². The first-order chi connectivity index (χ1) is 9.07. The first kappa shape index (κ1) is 16.1. The van der Waals surface area contributed by atoms with E-state index in [4.69, 9.17) is 4.74 Å². The summed E-state index contributed by atoms with van der Waals surface area (Å²) in [4.78, 5) is 2.18. The van der Waals surface area contributed by atoms with Crippen molar-refractivity contribution in [2.24, 2.45) is 0 Å². The van der Waals surface area contributed by atoms with Crippen LogP contribution in [0.25, 0.3) is 0 Å². The molecule has 0 heterocycles. The number of nitrogens with one attached hydrogen (secondary N) is 1. The maximum absolute atomic E-state index is 13.8. The van der Waals surface area contributed by atoms with Crippen molar-refractivity contribution in [1.82, 2.24) is 10.2 Å². The maximum Gasteiger partial charge on any atom is 0.127 e. The molecule has 0 saturated heterocycles. The van der Waals surface area contributed by atoms with Gasteiger partial charge in [0, 0.05) is 37.8 Å². The summed E-state index contributed by atoms with van der Waals surface area (Å²) in [5, 5.41) is 3.33. The van der Waals surface area contributed by atoms with E-state index in [2.05, 4.69) is 17.1 Å². The highest BCUT2D eigenvalue weighted by atomic mass is 19.1. The molecule has 1 aromatic carbocycles. The molecule has 4 heteroatoms. The van der Waals surface area contributed by atoms with Gasteiger partial charge < -0.3 is 10.1 Å². The predicted molar refractivity (Wildman–Crippen MR) is 76.8 cm³/mol. The fraction of sp³-hybridized carbons (Fsp3) is 0.600. The normalized spacial score (nSPS) is 14.6. The Morgan fingerprint density at radius 3 is 2.63 bits per heavy atom. The number of hydrogen-bond donors (Lipinski definition) is 1. The molecule has 1 aromatic rings. The van der Waals surface area contributed by atoms with Crippen LogP contribution in [0.4, 0.5) is 4.39 Å². The summed E-state index contributed by atoms with van der Waals surface area (Å²) in [6.07, 6.45) is 0. The Hall–Kier alpha value is -0.970. The predicted octanol–water partition coefficient (Wildman–Crippen LogP) is 2.44. The monoisotopic (exact) mass is 268 g/mol. The highest BCUT2D eigenvalue weighted by Gasteiger charge is 2.19. The second-order valence-electron chi connectivity index (χ2n) is 4.91. The van der Waals surface area contributed by atoms with Crippen molar-refractivity contribution in [2.75, 3.05) is 33.9 Å². The first-order valence-corrected chi connectivity index (χ1v) is 6.74. The fourth-order valence-electron chi connectivity index (χ4n) is 2.04. The summed E-state index contributed by atoms with van der Waals surface area (Å²) in [7, 11) is 3.72. The Morgan fingerprint density at radius 2 is 2.00 bits per heavy atom. The molecule has 108 valence electrons. The summed E-state index contributed by atoms with van der Waals surface area (Å²) >= 11 is 0. The minimum atomic E-state index is -0.138. The van der Waals surface area contributed by atoms with E-state index < -0.39 is 0 Å². The van der Waals surface area contributed by atoms with Crippen molar-refractivity contribution in [1.29, 1.82) is 0 Å². The lowest BCUT2D eigenvalue weighted by atomic mass is 10.1. The minimum Gasteiger partial charge on any atom is -0.383 e. The Balaban J connectivity index is 2.52. The van der Waals surface area contributed by atoms with Gasteiger partial charge in [-0.2, -0.15) is 0 Å². The largest absolute Gasteiger partial charge is 0.383 e. The molecule has 2 atom stereocenters. The average Bonchev–Trinajstić information content (AvgIpc) is 2.42. The summed E-state index contributed by atoms with van der Waals surface area (Å²) in [6.45, 7) is 6.57. The topological polar surface area (TPSA) is 24.5 Å². The standard InChI is InChI=1S/C15H25FN2O/c1-12(11-17-9-10-19-4)18(3)13(2)14-7-5-6-8-15(14)16/h5-8,12-13,17H,9-11H2,1-4H3. The third kappa shape index (κ3) is 4.90. The molecule has 2 unspecified atom stereocenters. The number of ether oxygens (including phenoxy) is 1. The molecule has 1 rings (SSSR count). The van der Waals surface area contributed by atoms with Crippen molar-refractivity contribution >= 4 is 0 Å². The second kappa shape index (κ2) is 8.25. The molecule has 0 bridgehead atoms. The fourth-order valence-corrected chi connectivity index (χ4v) is 2.04. The SMILES string of the molecule is COCCNCC(C)N(C)C(C)c1ccccc1F. The van der Waals surface area contributed by atoms with Crippen LogP contribution in [0.15, 0.2) is 24.3 Å². The van der Waals surface area contributed by atoms with E-state index in [0.717, 1.165) is 18.7 Å². The molecule has 3 nitrogen and oxygen atoms in total. The van der Waals surface area contributed by atoms with Crippen molar-refractivity contribution in [3.63, 3.8) is 0 Å². The number of methoxy groups -OCH3 is 1. The molecule has 0 aliphatic heterocycles. The molecule has 0 fully saturated rings. The summed E-state index contributed by atoms with van der Waals surface area (Å²) in [6, 6.07) is 7.35. The molecular weight excluding hydrogens is 243 g/mol. The van der Waals surface area contributed by atoms with Gasteiger partial charge in [0.25, 0.3) is 0 Å². The van der Waals surface area contributed by atoms with Crippen molar-refractivity contribution in [3.05, 3.63) is 35.6 Å². The molecule has 0 aliphatic rings. The van der Waals surface area contributed by atoms with E-state index in [1.54, 1.807) is 13.2 Å². The molecular formula is C15H25FN2O. The van der Waals surface area contributed by atoms with E-state index in [0.29, 0.717) is 12.6 Å². The Bertz CT molecular complexity index is 373. The maximum atomic E-state index is 13.8. The molecule has 0 amide bonds. The molecule has 1 N–H and O–H groups in total. The van der Waals surface area contributed by atoms with Crippen molar-refractivity contribution in [3.8, 4) is 0 Å². The van der Waals surface area contributed by atoms with Crippen LogP contribution in [0, 0.1) is 5.82 Å². The van der Waals surface area contributed by atoms with Gasteiger partial charge in [0.15, 0.2) is 0 Å². The Labute approximate surface area is 115 Å². The van der Waals surface area contributed by atoms with Gasteiger partial charge in [-0.1, -0.05) is 18.2 Å². The molecule has 0 aliphatic carbocycles. The van der Waals surface area contributed by atoms with Gasteiger partial charge in [-0.3, -0.25) is 4.90 Å². The third-order valence-electron chi connectivity index (χ3n) is 3.58. The second-order valence-corrected chi connectivity index (χ2v) is 4.91. The zero-order valence-corrected chi connectivity index (χ0v) is 12.3. The average molecular weight is 268 g/mol. The highest BCUT2D eigenvalue weighted by Crippen LogP contribution is 2.22. The van der Waals surface area contributed by atoms with Crippen LogP contribution in [-0.4, -0.2) is 44.8 Å². The third-order valence-corrected chi connectivity index (χ3v) is 3.58. The van der Waals surface area contributed by atoms with Gasteiger partial charge in [0.2, 0.25) is 0 Å². The minimum absolute atomic E-state index is 0.0559. The number of rotatable bonds is 8. The molecule has 0 radical (unpaired) electrons.